The van der Waals surface area contributed by atoms with Gasteiger partial charge in [0.15, 0.2) is 11.6 Å². The minimum atomic E-state index is -0.554. The summed E-state index contributed by atoms with van der Waals surface area (Å²) < 4.78 is 18.1. The van der Waals surface area contributed by atoms with Gasteiger partial charge in [-0.3, -0.25) is 0 Å². The van der Waals surface area contributed by atoms with Crippen LogP contribution in [0.2, 0.25) is 5.02 Å². The first kappa shape index (κ1) is 10.3. The first-order chi connectivity index (χ1) is 6.25. The van der Waals surface area contributed by atoms with E-state index in [2.05, 4.69) is 0 Å². The van der Waals surface area contributed by atoms with Crippen LogP contribution in [0.3, 0.4) is 0 Å². The minimum absolute atomic E-state index is 0.0299. The summed E-state index contributed by atoms with van der Waals surface area (Å²) in [6.07, 6.45) is 0.478. The lowest BCUT2D eigenvalue weighted by molar-refractivity contribution is 0.228. The smallest absolute Gasteiger partial charge is 0.183 e. The van der Waals surface area contributed by atoms with E-state index in [0.717, 1.165) is 0 Å². The molecule has 72 valence electrons. The van der Waals surface area contributed by atoms with E-state index in [1.165, 1.54) is 12.1 Å². The van der Waals surface area contributed by atoms with Gasteiger partial charge < -0.3 is 9.84 Å². The molecule has 2 nitrogen and oxygen atoms in total. The SMILES string of the molecule is OCCCOc1cccc(Cl)c1F. The van der Waals surface area contributed by atoms with E-state index in [-0.39, 0.29) is 24.0 Å². The van der Waals surface area contributed by atoms with E-state index < -0.39 is 5.82 Å². The molecule has 0 spiro atoms. The van der Waals surface area contributed by atoms with Crippen molar-refractivity contribution in [2.45, 2.75) is 6.42 Å². The molecule has 0 aromatic heterocycles. The van der Waals surface area contributed by atoms with Gasteiger partial charge in [-0.05, 0) is 12.1 Å². The molecule has 0 aliphatic rings. The van der Waals surface area contributed by atoms with Crippen molar-refractivity contribution in [3.05, 3.63) is 29.0 Å². The maximum atomic E-state index is 13.1. The second-order valence-corrected chi connectivity index (χ2v) is 2.88. The Hall–Kier alpha value is -0.800. The van der Waals surface area contributed by atoms with Gasteiger partial charge in [0, 0.05) is 13.0 Å². The Bertz CT molecular complexity index is 278. The molecule has 1 rings (SSSR count). The zero-order valence-electron chi connectivity index (χ0n) is 6.96. The molecule has 13 heavy (non-hydrogen) atoms. The standard InChI is InChI=1S/C9H10ClFO2/c10-7-3-1-4-8(9(7)11)13-6-2-5-12/h1,3-4,12H,2,5-6H2. The largest absolute Gasteiger partial charge is 0.490 e. The molecule has 0 aliphatic heterocycles. The van der Waals surface area contributed by atoms with Crippen LogP contribution in [0, 0.1) is 5.82 Å². The monoisotopic (exact) mass is 204 g/mol. The highest BCUT2D eigenvalue weighted by Gasteiger charge is 2.06. The van der Waals surface area contributed by atoms with Gasteiger partial charge in [0.05, 0.1) is 11.6 Å². The summed E-state index contributed by atoms with van der Waals surface area (Å²) in [4.78, 5) is 0. The number of hydrogen-bond donors (Lipinski definition) is 1. The van der Waals surface area contributed by atoms with Crippen molar-refractivity contribution in [1.29, 1.82) is 0 Å². The van der Waals surface area contributed by atoms with Gasteiger partial charge in [0.25, 0.3) is 0 Å². The Morgan fingerprint density at radius 1 is 1.46 bits per heavy atom. The summed E-state index contributed by atoms with van der Waals surface area (Å²) >= 11 is 5.52. The van der Waals surface area contributed by atoms with Gasteiger partial charge in [-0.1, -0.05) is 17.7 Å². The topological polar surface area (TPSA) is 29.5 Å². The lowest BCUT2D eigenvalue weighted by atomic mass is 10.3. The normalized spacial score (nSPS) is 10.1. The van der Waals surface area contributed by atoms with E-state index in [1.54, 1.807) is 6.07 Å². The number of rotatable bonds is 4. The molecule has 0 aliphatic carbocycles. The maximum Gasteiger partial charge on any atom is 0.183 e. The van der Waals surface area contributed by atoms with Gasteiger partial charge in [-0.25, -0.2) is 4.39 Å². The number of benzene rings is 1. The molecule has 0 amide bonds. The molecule has 0 fully saturated rings. The van der Waals surface area contributed by atoms with Crippen molar-refractivity contribution in [3.8, 4) is 5.75 Å². The minimum Gasteiger partial charge on any atom is -0.490 e. The van der Waals surface area contributed by atoms with Crippen molar-refractivity contribution < 1.29 is 14.2 Å². The van der Waals surface area contributed by atoms with Crippen molar-refractivity contribution >= 4 is 11.6 Å². The molecule has 1 N–H and O–H groups in total. The van der Waals surface area contributed by atoms with Gasteiger partial charge in [-0.2, -0.15) is 0 Å². The number of aliphatic hydroxyl groups is 1. The molecule has 0 saturated carbocycles. The zero-order chi connectivity index (χ0) is 9.68. The molecule has 4 heteroatoms. The van der Waals surface area contributed by atoms with Crippen LogP contribution >= 0.6 is 11.6 Å². The Kier molecular flexibility index (Phi) is 3.99. The number of ether oxygens (including phenoxy) is 1. The molecule has 0 radical (unpaired) electrons. The van der Waals surface area contributed by atoms with Crippen molar-refractivity contribution in [2.75, 3.05) is 13.2 Å². The predicted octanol–water partition coefficient (Wildman–Crippen LogP) is 2.24. The Morgan fingerprint density at radius 3 is 2.92 bits per heavy atom. The highest BCUT2D eigenvalue weighted by molar-refractivity contribution is 6.30. The maximum absolute atomic E-state index is 13.1. The molecule has 0 heterocycles. The fraction of sp³-hybridized carbons (Fsp3) is 0.333. The second kappa shape index (κ2) is 5.04. The summed E-state index contributed by atoms with van der Waals surface area (Å²) in [5.41, 5.74) is 0. The summed E-state index contributed by atoms with van der Waals surface area (Å²) in [5, 5.41) is 8.51. The van der Waals surface area contributed by atoms with Crippen LogP contribution in [0.4, 0.5) is 4.39 Å². The number of halogens is 2. The van der Waals surface area contributed by atoms with E-state index >= 15 is 0 Å². The third-order valence-corrected chi connectivity index (χ3v) is 1.77. The van der Waals surface area contributed by atoms with Crippen LogP contribution in [0.1, 0.15) is 6.42 Å². The second-order valence-electron chi connectivity index (χ2n) is 2.48. The average Bonchev–Trinajstić information content (AvgIpc) is 2.13. The first-order valence-corrected chi connectivity index (χ1v) is 4.31. The van der Waals surface area contributed by atoms with Crippen LogP contribution in [0.15, 0.2) is 18.2 Å². The van der Waals surface area contributed by atoms with Crippen molar-refractivity contribution in [2.24, 2.45) is 0 Å². The van der Waals surface area contributed by atoms with Crippen molar-refractivity contribution in [1.82, 2.24) is 0 Å². The molecule has 0 bridgehead atoms. The molecular formula is C9H10ClFO2. The van der Waals surface area contributed by atoms with E-state index in [9.17, 15) is 4.39 Å². The summed E-state index contributed by atoms with van der Waals surface area (Å²) in [6.45, 7) is 0.315. The van der Waals surface area contributed by atoms with E-state index in [0.29, 0.717) is 6.42 Å². The quantitative estimate of drug-likeness (QED) is 0.763. The lowest BCUT2D eigenvalue weighted by Gasteiger charge is -2.06. The van der Waals surface area contributed by atoms with Crippen LogP contribution in [0.5, 0.6) is 5.75 Å². The lowest BCUT2D eigenvalue weighted by Crippen LogP contribution is -2.01. The van der Waals surface area contributed by atoms with E-state index in [1.807, 2.05) is 0 Å². The highest BCUT2D eigenvalue weighted by atomic mass is 35.5. The van der Waals surface area contributed by atoms with Gasteiger partial charge in [0.1, 0.15) is 0 Å². The fourth-order valence-electron chi connectivity index (χ4n) is 0.842. The van der Waals surface area contributed by atoms with Gasteiger partial charge in [-0.15, -0.1) is 0 Å². The molecule has 0 saturated heterocycles. The highest BCUT2D eigenvalue weighted by Crippen LogP contribution is 2.23. The zero-order valence-corrected chi connectivity index (χ0v) is 7.72. The number of hydrogen-bond acceptors (Lipinski definition) is 2. The van der Waals surface area contributed by atoms with Gasteiger partial charge >= 0.3 is 0 Å². The fourth-order valence-corrected chi connectivity index (χ4v) is 1.01. The Balaban J connectivity index is 2.61. The molecule has 0 atom stereocenters. The van der Waals surface area contributed by atoms with E-state index in [4.69, 9.17) is 21.4 Å². The van der Waals surface area contributed by atoms with Crippen LogP contribution in [-0.2, 0) is 0 Å². The molecular weight excluding hydrogens is 195 g/mol. The molecule has 1 aromatic rings. The summed E-state index contributed by atoms with van der Waals surface area (Å²) in [6, 6.07) is 4.56. The van der Waals surface area contributed by atoms with Crippen LogP contribution in [0.25, 0.3) is 0 Å². The first-order valence-electron chi connectivity index (χ1n) is 3.93. The third-order valence-electron chi connectivity index (χ3n) is 1.48. The van der Waals surface area contributed by atoms with Crippen LogP contribution in [-0.4, -0.2) is 18.3 Å². The summed E-state index contributed by atoms with van der Waals surface area (Å²) in [7, 11) is 0. The Morgan fingerprint density at radius 2 is 2.23 bits per heavy atom. The molecule has 1 aromatic carbocycles. The average molecular weight is 205 g/mol. The Labute approximate surface area is 80.9 Å². The third kappa shape index (κ3) is 2.86. The predicted molar refractivity (Wildman–Crippen MR) is 48.6 cm³/mol. The van der Waals surface area contributed by atoms with Crippen LogP contribution < -0.4 is 4.74 Å². The van der Waals surface area contributed by atoms with Crippen molar-refractivity contribution in [3.63, 3.8) is 0 Å². The van der Waals surface area contributed by atoms with Gasteiger partial charge in [0.2, 0.25) is 0 Å². The number of aliphatic hydroxyl groups excluding tert-OH is 1. The summed E-state index contributed by atoms with van der Waals surface area (Å²) in [5.74, 6) is -0.428. The molecule has 0 unspecified atom stereocenters.